The maximum Gasteiger partial charge on any atom is 0.244 e. The van der Waals surface area contributed by atoms with E-state index in [9.17, 15) is 4.79 Å². The minimum atomic E-state index is -0.189. The summed E-state index contributed by atoms with van der Waals surface area (Å²) in [4.78, 5) is 12.1. The Morgan fingerprint density at radius 3 is 2.81 bits per heavy atom. The lowest BCUT2D eigenvalue weighted by Crippen LogP contribution is -2.20. The van der Waals surface area contributed by atoms with Crippen LogP contribution in [-0.2, 0) is 11.3 Å². The van der Waals surface area contributed by atoms with Gasteiger partial charge in [-0.1, -0.05) is 48.5 Å². The zero-order chi connectivity index (χ0) is 17.9. The Morgan fingerprint density at radius 2 is 1.92 bits per heavy atom. The largest absolute Gasteiger partial charge is 0.348 e. The predicted molar refractivity (Wildman–Crippen MR) is 100 cm³/mol. The third kappa shape index (κ3) is 3.04. The van der Waals surface area contributed by atoms with Crippen molar-refractivity contribution >= 4 is 28.4 Å². The second-order valence-corrected chi connectivity index (χ2v) is 6.00. The lowest BCUT2D eigenvalue weighted by molar-refractivity contribution is -0.116. The Bertz CT molecular complexity index is 1130. The van der Waals surface area contributed by atoms with Crippen LogP contribution in [0.15, 0.2) is 60.8 Å². The Balaban J connectivity index is 1.52. The van der Waals surface area contributed by atoms with Crippen LogP contribution in [-0.4, -0.2) is 25.7 Å². The first kappa shape index (κ1) is 16.0. The van der Waals surface area contributed by atoms with E-state index in [1.807, 2.05) is 55.5 Å². The molecule has 0 saturated heterocycles. The van der Waals surface area contributed by atoms with Crippen molar-refractivity contribution in [2.24, 2.45) is 0 Å². The average Bonchev–Trinajstić information content (AvgIpc) is 3.09. The van der Waals surface area contributed by atoms with Gasteiger partial charge < -0.3 is 5.32 Å². The first-order valence-corrected chi connectivity index (χ1v) is 8.32. The number of carbonyl (C=O) groups is 1. The van der Waals surface area contributed by atoms with Gasteiger partial charge in [0.1, 0.15) is 0 Å². The number of aromatic nitrogens is 4. The predicted octanol–water partition coefficient (Wildman–Crippen LogP) is 2.92. The number of aryl methyl sites for hydroxylation is 1. The molecule has 0 atom stereocenters. The quantitative estimate of drug-likeness (QED) is 0.578. The van der Waals surface area contributed by atoms with Gasteiger partial charge in [0.15, 0.2) is 11.5 Å². The minimum Gasteiger partial charge on any atom is -0.348 e. The van der Waals surface area contributed by atoms with E-state index < -0.39 is 0 Å². The molecule has 0 unspecified atom stereocenters. The molecule has 4 aromatic rings. The van der Waals surface area contributed by atoms with Crippen LogP contribution < -0.4 is 5.32 Å². The third-order valence-electron chi connectivity index (χ3n) is 4.28. The van der Waals surface area contributed by atoms with Crippen LogP contribution in [0.1, 0.15) is 17.0 Å². The average molecular weight is 343 g/mol. The zero-order valence-corrected chi connectivity index (χ0v) is 14.3. The van der Waals surface area contributed by atoms with E-state index >= 15 is 0 Å². The first-order chi connectivity index (χ1) is 12.7. The van der Waals surface area contributed by atoms with Crippen molar-refractivity contribution in [3.63, 3.8) is 0 Å². The molecular weight excluding hydrogens is 326 g/mol. The SMILES string of the molecule is Cc1ccccc1CNC(=O)/C=C/c1nnc2c3ccccc3cnn12. The molecule has 4 rings (SSSR count). The molecule has 2 aromatic carbocycles. The number of hydrogen-bond donors (Lipinski definition) is 1. The number of rotatable bonds is 4. The van der Waals surface area contributed by atoms with Gasteiger partial charge in [0, 0.05) is 23.4 Å². The molecule has 0 aliphatic carbocycles. The molecule has 0 spiro atoms. The minimum absolute atomic E-state index is 0.189. The molecule has 0 radical (unpaired) electrons. The second-order valence-electron chi connectivity index (χ2n) is 6.00. The molecule has 2 heterocycles. The van der Waals surface area contributed by atoms with Gasteiger partial charge in [0.2, 0.25) is 5.91 Å². The van der Waals surface area contributed by atoms with Crippen molar-refractivity contribution in [2.75, 3.05) is 0 Å². The van der Waals surface area contributed by atoms with Gasteiger partial charge in [-0.2, -0.15) is 9.61 Å². The van der Waals surface area contributed by atoms with Gasteiger partial charge in [-0.05, 0) is 24.1 Å². The number of hydrogen-bond acceptors (Lipinski definition) is 4. The lowest BCUT2D eigenvalue weighted by Gasteiger charge is -2.05. The van der Waals surface area contributed by atoms with Crippen molar-refractivity contribution < 1.29 is 4.79 Å². The molecule has 1 N–H and O–H groups in total. The highest BCUT2D eigenvalue weighted by molar-refractivity contribution is 5.94. The summed E-state index contributed by atoms with van der Waals surface area (Å²) in [6, 6.07) is 15.8. The number of nitrogens with one attached hydrogen (secondary N) is 1. The third-order valence-corrected chi connectivity index (χ3v) is 4.28. The molecular formula is C20H17N5O. The summed E-state index contributed by atoms with van der Waals surface area (Å²) >= 11 is 0. The van der Waals surface area contributed by atoms with Gasteiger partial charge in [-0.15, -0.1) is 10.2 Å². The second kappa shape index (κ2) is 6.76. The van der Waals surface area contributed by atoms with E-state index in [-0.39, 0.29) is 5.91 Å². The van der Waals surface area contributed by atoms with Gasteiger partial charge in [0.25, 0.3) is 0 Å². The summed E-state index contributed by atoms with van der Waals surface area (Å²) in [6.45, 7) is 2.51. The highest BCUT2D eigenvalue weighted by Crippen LogP contribution is 2.17. The molecule has 2 aromatic heterocycles. The normalized spacial score (nSPS) is 11.4. The number of carbonyl (C=O) groups excluding carboxylic acids is 1. The van der Waals surface area contributed by atoms with Gasteiger partial charge >= 0.3 is 0 Å². The van der Waals surface area contributed by atoms with Crippen LogP contribution in [0.25, 0.3) is 22.5 Å². The maximum absolute atomic E-state index is 12.1. The van der Waals surface area contributed by atoms with Crippen molar-refractivity contribution in [3.05, 3.63) is 77.8 Å². The molecule has 26 heavy (non-hydrogen) atoms. The summed E-state index contributed by atoms with van der Waals surface area (Å²) in [5.74, 6) is 0.322. The van der Waals surface area contributed by atoms with E-state index in [0.29, 0.717) is 18.0 Å². The maximum atomic E-state index is 12.1. The number of nitrogens with zero attached hydrogens (tertiary/aromatic N) is 4. The molecule has 0 aliphatic heterocycles. The fourth-order valence-corrected chi connectivity index (χ4v) is 2.81. The van der Waals surface area contributed by atoms with Crippen LogP contribution in [0, 0.1) is 6.92 Å². The van der Waals surface area contributed by atoms with E-state index in [0.717, 1.165) is 21.9 Å². The van der Waals surface area contributed by atoms with Crippen molar-refractivity contribution in [2.45, 2.75) is 13.5 Å². The van der Waals surface area contributed by atoms with Crippen LogP contribution in [0.5, 0.6) is 0 Å². The summed E-state index contributed by atoms with van der Waals surface area (Å²) < 4.78 is 1.63. The molecule has 1 amide bonds. The Labute approximate surface area is 150 Å². The summed E-state index contributed by atoms with van der Waals surface area (Å²) in [6.07, 6.45) is 4.84. The Hall–Kier alpha value is -3.54. The lowest BCUT2D eigenvalue weighted by atomic mass is 10.1. The Morgan fingerprint density at radius 1 is 1.12 bits per heavy atom. The molecule has 0 fully saturated rings. The molecule has 6 nitrogen and oxygen atoms in total. The van der Waals surface area contributed by atoms with Gasteiger partial charge in [0.05, 0.1) is 6.20 Å². The van der Waals surface area contributed by atoms with Crippen molar-refractivity contribution in [1.29, 1.82) is 0 Å². The monoisotopic (exact) mass is 343 g/mol. The topological polar surface area (TPSA) is 72.2 Å². The summed E-state index contributed by atoms with van der Waals surface area (Å²) in [5, 5.41) is 17.5. The van der Waals surface area contributed by atoms with Crippen LogP contribution in [0.3, 0.4) is 0 Å². The fraction of sp³-hybridized carbons (Fsp3) is 0.100. The van der Waals surface area contributed by atoms with E-state index in [2.05, 4.69) is 20.6 Å². The number of amides is 1. The van der Waals surface area contributed by atoms with E-state index in [4.69, 9.17) is 0 Å². The summed E-state index contributed by atoms with van der Waals surface area (Å²) in [7, 11) is 0. The van der Waals surface area contributed by atoms with Gasteiger partial charge in [-0.3, -0.25) is 4.79 Å². The van der Waals surface area contributed by atoms with E-state index in [1.54, 1.807) is 16.8 Å². The first-order valence-electron chi connectivity index (χ1n) is 8.32. The van der Waals surface area contributed by atoms with Crippen molar-refractivity contribution in [1.82, 2.24) is 25.1 Å². The summed E-state index contributed by atoms with van der Waals surface area (Å²) in [5.41, 5.74) is 2.91. The number of fused-ring (bicyclic) bond motifs is 3. The van der Waals surface area contributed by atoms with Gasteiger partial charge in [-0.25, -0.2) is 0 Å². The van der Waals surface area contributed by atoms with Crippen LogP contribution in [0.4, 0.5) is 0 Å². The zero-order valence-electron chi connectivity index (χ0n) is 14.3. The molecule has 128 valence electrons. The smallest absolute Gasteiger partial charge is 0.244 e. The fourth-order valence-electron chi connectivity index (χ4n) is 2.81. The van der Waals surface area contributed by atoms with Crippen LogP contribution >= 0.6 is 0 Å². The highest BCUT2D eigenvalue weighted by Gasteiger charge is 2.08. The standard InChI is InChI=1S/C20H17N5O/c1-14-6-2-3-7-15(14)12-21-19(26)11-10-18-23-24-20-17-9-5-4-8-16(17)13-22-25(18)20/h2-11,13H,12H2,1H3,(H,21,26)/b11-10+. The number of benzene rings is 2. The molecule has 6 heteroatoms. The molecule has 0 saturated carbocycles. The molecule has 0 bridgehead atoms. The van der Waals surface area contributed by atoms with E-state index in [1.165, 1.54) is 6.08 Å². The molecule has 0 aliphatic rings. The Kier molecular flexibility index (Phi) is 4.15. The van der Waals surface area contributed by atoms with Crippen molar-refractivity contribution in [3.8, 4) is 0 Å². The van der Waals surface area contributed by atoms with Crippen LogP contribution in [0.2, 0.25) is 0 Å². The highest BCUT2D eigenvalue weighted by atomic mass is 16.1.